The Balaban J connectivity index is 1.93. The fraction of sp³-hybridized carbons (Fsp3) is 0.235. The van der Waals surface area contributed by atoms with Crippen LogP contribution in [0.2, 0.25) is 0 Å². The number of hydrogen-bond donors (Lipinski definition) is 1. The van der Waals surface area contributed by atoms with E-state index in [0.29, 0.717) is 22.4 Å². The summed E-state index contributed by atoms with van der Waals surface area (Å²) in [4.78, 5) is 36.0. The number of ketones is 1. The van der Waals surface area contributed by atoms with Crippen LogP contribution in [0.5, 0.6) is 0 Å². The number of rotatable bonds is 3. The van der Waals surface area contributed by atoms with Gasteiger partial charge in [-0.3, -0.25) is 24.5 Å². The van der Waals surface area contributed by atoms with Crippen molar-refractivity contribution in [2.45, 2.75) is 26.8 Å². The number of aryl methyl sites for hydroxylation is 1. The van der Waals surface area contributed by atoms with E-state index < -0.39 is 17.9 Å². The average Bonchev–Trinajstić information content (AvgIpc) is 2.83. The maximum absolute atomic E-state index is 12.6. The molecule has 1 atom stereocenters. The fourth-order valence-corrected chi connectivity index (χ4v) is 2.81. The van der Waals surface area contributed by atoms with Gasteiger partial charge in [0.05, 0.1) is 0 Å². The summed E-state index contributed by atoms with van der Waals surface area (Å²) >= 11 is 0. The number of aromatic nitrogens is 1. The van der Waals surface area contributed by atoms with Crippen LogP contribution in [0, 0.1) is 13.8 Å². The number of nitrogens with zero attached hydrogens (tertiary/aromatic N) is 3. The van der Waals surface area contributed by atoms with Crippen LogP contribution in [0.1, 0.15) is 50.6 Å². The highest BCUT2D eigenvalue weighted by Gasteiger charge is 2.30. The predicted octanol–water partition coefficient (Wildman–Crippen LogP) is 2.72. The lowest BCUT2D eigenvalue weighted by Gasteiger charge is -2.19. The molecule has 7 nitrogen and oxygen atoms in total. The molecule has 122 valence electrons. The monoisotopic (exact) mass is 324 g/mol. The Labute approximate surface area is 138 Å². The van der Waals surface area contributed by atoms with Crippen molar-refractivity contribution in [1.82, 2.24) is 4.68 Å². The Bertz CT molecular complexity index is 895. The Kier molecular flexibility index (Phi) is 3.84. The van der Waals surface area contributed by atoms with Gasteiger partial charge >= 0.3 is 0 Å². The molecule has 0 aliphatic carbocycles. The molecule has 2 amide bonds. The zero-order valence-electron chi connectivity index (χ0n) is 13.5. The quantitative estimate of drug-likeness (QED) is 0.880. The van der Waals surface area contributed by atoms with Crippen molar-refractivity contribution in [2.24, 2.45) is 10.2 Å². The van der Waals surface area contributed by atoms with Crippen LogP contribution in [0.3, 0.4) is 0 Å². The number of fused-ring (bicyclic) bond motifs is 1. The average molecular weight is 324 g/mol. The van der Waals surface area contributed by atoms with Crippen molar-refractivity contribution in [3.05, 3.63) is 58.4 Å². The maximum atomic E-state index is 12.6. The van der Waals surface area contributed by atoms with Crippen LogP contribution in [-0.4, -0.2) is 22.3 Å². The number of carbonyl (C=O) groups is 3. The van der Waals surface area contributed by atoms with Gasteiger partial charge in [-0.1, -0.05) is 18.2 Å². The highest BCUT2D eigenvalue weighted by Crippen LogP contribution is 2.28. The Morgan fingerprint density at radius 3 is 2.58 bits per heavy atom. The van der Waals surface area contributed by atoms with Gasteiger partial charge < -0.3 is 0 Å². The molecule has 3 rings (SSSR count). The summed E-state index contributed by atoms with van der Waals surface area (Å²) in [7, 11) is 0. The third-order valence-electron chi connectivity index (χ3n) is 4.03. The van der Waals surface area contributed by atoms with E-state index in [1.165, 1.54) is 6.92 Å². The molecule has 2 heterocycles. The Morgan fingerprint density at radius 2 is 1.92 bits per heavy atom. The van der Waals surface area contributed by atoms with Gasteiger partial charge in [0, 0.05) is 28.1 Å². The highest BCUT2D eigenvalue weighted by molar-refractivity contribution is 6.01. The molecule has 2 aromatic rings. The van der Waals surface area contributed by atoms with Crippen molar-refractivity contribution in [1.29, 1.82) is 0 Å². The zero-order chi connectivity index (χ0) is 17.4. The molecule has 1 aromatic carbocycles. The first-order valence-electron chi connectivity index (χ1n) is 7.45. The third-order valence-corrected chi connectivity index (χ3v) is 4.03. The molecule has 1 aliphatic rings. The summed E-state index contributed by atoms with van der Waals surface area (Å²) in [5.74, 6) is -0.950. The smallest absolute Gasteiger partial charge is 0.294 e. The molecule has 0 saturated carbocycles. The number of azo groups is 1. The number of nitrogens with one attached hydrogen (secondary N) is 1. The molecular formula is C17H16N4O3. The minimum Gasteiger partial charge on any atom is -0.294 e. The van der Waals surface area contributed by atoms with Gasteiger partial charge in [0.2, 0.25) is 0 Å². The van der Waals surface area contributed by atoms with Crippen LogP contribution in [0.4, 0.5) is 0 Å². The van der Waals surface area contributed by atoms with Crippen molar-refractivity contribution in [3.63, 3.8) is 0 Å². The molecule has 1 aromatic heterocycles. The molecule has 1 unspecified atom stereocenters. The first kappa shape index (κ1) is 15.8. The van der Waals surface area contributed by atoms with E-state index in [1.807, 2.05) is 0 Å². The Morgan fingerprint density at radius 1 is 1.21 bits per heavy atom. The van der Waals surface area contributed by atoms with Gasteiger partial charge in [-0.05, 0) is 32.9 Å². The second kappa shape index (κ2) is 5.84. The lowest BCUT2D eigenvalue weighted by Crippen LogP contribution is -2.30. The van der Waals surface area contributed by atoms with Gasteiger partial charge in [0.1, 0.15) is 0 Å². The number of hydrogen-bond acceptors (Lipinski definition) is 4. The summed E-state index contributed by atoms with van der Waals surface area (Å²) in [6, 6.07) is 7.58. The molecule has 0 saturated heterocycles. The number of amides is 2. The van der Waals surface area contributed by atoms with Crippen LogP contribution < -0.4 is 5.43 Å². The van der Waals surface area contributed by atoms with Gasteiger partial charge in [-0.15, -0.1) is 5.11 Å². The first-order chi connectivity index (χ1) is 11.4. The molecule has 7 heteroatoms. The van der Waals surface area contributed by atoms with E-state index in [-0.39, 0.29) is 5.78 Å². The van der Waals surface area contributed by atoms with Crippen LogP contribution in [0.25, 0.3) is 0 Å². The molecule has 0 radical (unpaired) electrons. The summed E-state index contributed by atoms with van der Waals surface area (Å²) in [6.45, 7) is 5.02. The van der Waals surface area contributed by atoms with Crippen LogP contribution >= 0.6 is 0 Å². The molecular weight excluding hydrogens is 308 g/mol. The second-order valence-electron chi connectivity index (χ2n) is 5.66. The van der Waals surface area contributed by atoms with Gasteiger partial charge in [0.25, 0.3) is 11.8 Å². The molecule has 24 heavy (non-hydrogen) atoms. The molecule has 0 bridgehead atoms. The summed E-state index contributed by atoms with van der Waals surface area (Å²) in [5, 5.41) is 7.39. The minimum absolute atomic E-state index is 0.0723. The predicted molar refractivity (Wildman–Crippen MR) is 86.6 cm³/mol. The largest absolute Gasteiger partial charge is 0.295 e. The highest BCUT2D eigenvalue weighted by atomic mass is 16.2. The van der Waals surface area contributed by atoms with Crippen molar-refractivity contribution < 1.29 is 14.4 Å². The van der Waals surface area contributed by atoms with Crippen molar-refractivity contribution >= 4 is 17.6 Å². The van der Waals surface area contributed by atoms with E-state index in [9.17, 15) is 14.4 Å². The zero-order valence-corrected chi connectivity index (χ0v) is 13.5. The summed E-state index contributed by atoms with van der Waals surface area (Å²) in [6.07, 6.45) is 0. The number of Topliss-reactive ketones (excluding diaryl/α,β-unsaturated/α-hetero) is 1. The second-order valence-corrected chi connectivity index (χ2v) is 5.66. The standard InChI is InChI=1S/C17H16N4O3/c1-9-8-14(11(3)22)10(2)21(9)20-17(24)15-12-6-4-5-7-13(12)16(23)19-18-15/h4-8,15H,1-3H3,(H,20,24). The molecule has 0 spiro atoms. The maximum Gasteiger partial charge on any atom is 0.295 e. The van der Waals surface area contributed by atoms with E-state index in [1.54, 1.807) is 48.9 Å². The normalized spacial score (nSPS) is 16.0. The molecule has 1 aliphatic heterocycles. The van der Waals surface area contributed by atoms with E-state index in [2.05, 4.69) is 15.7 Å². The van der Waals surface area contributed by atoms with Crippen LogP contribution in [-0.2, 0) is 4.79 Å². The van der Waals surface area contributed by atoms with Crippen LogP contribution in [0.15, 0.2) is 40.6 Å². The lowest BCUT2D eigenvalue weighted by atomic mass is 9.99. The molecule has 0 fully saturated rings. The minimum atomic E-state index is -0.902. The number of benzene rings is 1. The summed E-state index contributed by atoms with van der Waals surface area (Å²) < 4.78 is 1.55. The first-order valence-corrected chi connectivity index (χ1v) is 7.45. The van der Waals surface area contributed by atoms with Gasteiger partial charge in [0.15, 0.2) is 11.8 Å². The summed E-state index contributed by atoms with van der Waals surface area (Å²) in [5.41, 5.74) is 5.55. The third kappa shape index (κ3) is 2.54. The lowest BCUT2D eigenvalue weighted by molar-refractivity contribution is -0.118. The Hall–Kier alpha value is -3.09. The van der Waals surface area contributed by atoms with E-state index in [4.69, 9.17) is 0 Å². The van der Waals surface area contributed by atoms with Gasteiger partial charge in [-0.2, -0.15) is 5.11 Å². The van der Waals surface area contributed by atoms with Gasteiger partial charge in [-0.25, -0.2) is 0 Å². The van der Waals surface area contributed by atoms with E-state index in [0.717, 1.165) is 5.69 Å². The van der Waals surface area contributed by atoms with Crippen molar-refractivity contribution in [3.8, 4) is 0 Å². The van der Waals surface area contributed by atoms with E-state index >= 15 is 0 Å². The fourth-order valence-electron chi connectivity index (χ4n) is 2.81. The number of carbonyl (C=O) groups excluding carboxylic acids is 3. The topological polar surface area (TPSA) is 92.9 Å². The SMILES string of the molecule is CC(=O)c1cc(C)n(NC(=O)C2N=NC(=O)c3ccccc32)c1C. The van der Waals surface area contributed by atoms with Crippen molar-refractivity contribution in [2.75, 3.05) is 5.43 Å². The molecule has 1 N–H and O–H groups in total.